The highest BCUT2D eigenvalue weighted by atomic mass is 16.6. The Morgan fingerprint density at radius 3 is 1.08 bits per heavy atom. The van der Waals surface area contributed by atoms with E-state index in [1.54, 1.807) is 0 Å². The lowest BCUT2D eigenvalue weighted by atomic mass is 10.1. The van der Waals surface area contributed by atoms with Gasteiger partial charge in [0.05, 0.1) is 6.61 Å². The summed E-state index contributed by atoms with van der Waals surface area (Å²) < 4.78 is 17.5. The summed E-state index contributed by atoms with van der Waals surface area (Å²) in [5.41, 5.74) is 0. The van der Waals surface area contributed by atoms with E-state index in [2.05, 4.69) is 69.4 Å². The summed E-state index contributed by atoms with van der Waals surface area (Å²) in [4.78, 5) is 25.5. The fourth-order valence-corrected chi connectivity index (χ4v) is 8.42. The van der Waals surface area contributed by atoms with Crippen molar-refractivity contribution in [2.75, 3.05) is 19.8 Å². The third-order valence-corrected chi connectivity index (χ3v) is 12.8. The molecular formula is C61H112O5. The molecule has 0 aromatic carbocycles. The quantitative estimate of drug-likeness (QED) is 0.0345. The average molecular weight is 926 g/mol. The molecule has 0 aliphatic rings. The lowest BCUT2D eigenvalue weighted by molar-refractivity contribution is -0.163. The molecule has 0 aliphatic carbocycles. The van der Waals surface area contributed by atoms with E-state index in [0.29, 0.717) is 19.4 Å². The molecule has 0 aromatic rings. The fraction of sp³-hybridized carbons (Fsp3) is 0.836. The maximum Gasteiger partial charge on any atom is 0.306 e. The summed E-state index contributed by atoms with van der Waals surface area (Å²) in [6.45, 7) is 7.78. The van der Waals surface area contributed by atoms with Crippen molar-refractivity contribution in [1.29, 1.82) is 0 Å². The zero-order chi connectivity index (χ0) is 47.7. The first-order valence-corrected chi connectivity index (χ1v) is 29.2. The first-order chi connectivity index (χ1) is 32.6. The molecule has 0 spiro atoms. The second-order valence-electron chi connectivity index (χ2n) is 19.5. The van der Waals surface area contributed by atoms with Gasteiger partial charge in [0.1, 0.15) is 6.61 Å². The highest BCUT2D eigenvalue weighted by Crippen LogP contribution is 2.15. The maximum absolute atomic E-state index is 12.9. The molecule has 0 saturated heterocycles. The minimum absolute atomic E-state index is 0.0806. The summed E-state index contributed by atoms with van der Waals surface area (Å²) in [7, 11) is 0. The van der Waals surface area contributed by atoms with E-state index < -0.39 is 6.10 Å². The topological polar surface area (TPSA) is 61.8 Å². The SMILES string of the molecule is CCC/C=C\C/C=C\CCCCCCCCOCC(COC(=O)CCCCCCCCCCC/C=C\CCCCCCCC)OC(=O)CCCCCCCCC/C=C\CCCCCCCC. The van der Waals surface area contributed by atoms with E-state index in [-0.39, 0.29) is 25.2 Å². The van der Waals surface area contributed by atoms with Gasteiger partial charge in [-0.3, -0.25) is 9.59 Å². The number of carbonyl (C=O) groups excluding carboxylic acids is 2. The molecular weight excluding hydrogens is 813 g/mol. The van der Waals surface area contributed by atoms with E-state index >= 15 is 0 Å². The van der Waals surface area contributed by atoms with Crippen molar-refractivity contribution in [3.05, 3.63) is 48.6 Å². The molecule has 0 radical (unpaired) electrons. The molecule has 0 fully saturated rings. The summed E-state index contributed by atoms with van der Waals surface area (Å²) in [5.74, 6) is -0.397. The Balaban J connectivity index is 4.25. The molecule has 386 valence electrons. The predicted octanol–water partition coefficient (Wildman–Crippen LogP) is 19.9. The minimum Gasteiger partial charge on any atom is -0.462 e. The largest absolute Gasteiger partial charge is 0.462 e. The van der Waals surface area contributed by atoms with Crippen molar-refractivity contribution in [3.63, 3.8) is 0 Å². The van der Waals surface area contributed by atoms with Gasteiger partial charge >= 0.3 is 11.9 Å². The Morgan fingerprint density at radius 1 is 0.333 bits per heavy atom. The molecule has 0 rings (SSSR count). The van der Waals surface area contributed by atoms with Gasteiger partial charge in [-0.1, -0.05) is 243 Å². The van der Waals surface area contributed by atoms with Crippen LogP contribution in [0.3, 0.4) is 0 Å². The van der Waals surface area contributed by atoms with Crippen LogP contribution in [0, 0.1) is 0 Å². The van der Waals surface area contributed by atoms with Crippen LogP contribution in [-0.2, 0) is 23.8 Å². The van der Waals surface area contributed by atoms with Crippen LogP contribution in [0.4, 0.5) is 0 Å². The van der Waals surface area contributed by atoms with Crippen LogP contribution >= 0.6 is 0 Å². The molecule has 1 unspecified atom stereocenters. The van der Waals surface area contributed by atoms with Gasteiger partial charge in [-0.25, -0.2) is 0 Å². The number of hydrogen-bond acceptors (Lipinski definition) is 5. The number of rotatable bonds is 54. The highest BCUT2D eigenvalue weighted by molar-refractivity contribution is 5.70. The van der Waals surface area contributed by atoms with Gasteiger partial charge in [0, 0.05) is 19.4 Å². The first-order valence-electron chi connectivity index (χ1n) is 29.2. The van der Waals surface area contributed by atoms with Crippen molar-refractivity contribution in [1.82, 2.24) is 0 Å². The molecule has 1 atom stereocenters. The zero-order valence-electron chi connectivity index (χ0n) is 44.5. The predicted molar refractivity (Wildman–Crippen MR) is 288 cm³/mol. The third-order valence-electron chi connectivity index (χ3n) is 12.8. The van der Waals surface area contributed by atoms with Gasteiger partial charge in [-0.2, -0.15) is 0 Å². The standard InChI is InChI=1S/C61H112O5/c1-4-7-10-13-16-19-22-25-28-30-31-33-34-36-39-42-45-48-51-54-60(62)65-58-59(57-64-56-53-50-47-44-41-38-27-24-21-18-15-12-9-6-3)66-61(63)55-52-49-46-43-40-37-35-32-29-26-23-20-17-14-11-8-5-2/h12,15,21,24-26,28-29,59H,4-11,13-14,16-20,22-23,27,30-58H2,1-3H3/b15-12-,24-21-,28-25-,29-26-. The van der Waals surface area contributed by atoms with Crippen LogP contribution < -0.4 is 0 Å². The molecule has 5 heteroatoms. The Labute approximate surface area is 412 Å². The van der Waals surface area contributed by atoms with Crippen LogP contribution in [-0.4, -0.2) is 37.9 Å². The lowest BCUT2D eigenvalue weighted by Crippen LogP contribution is -2.30. The van der Waals surface area contributed by atoms with Crippen molar-refractivity contribution in [3.8, 4) is 0 Å². The van der Waals surface area contributed by atoms with E-state index in [9.17, 15) is 9.59 Å². The smallest absolute Gasteiger partial charge is 0.306 e. The Bertz CT molecular complexity index is 1090. The molecule has 66 heavy (non-hydrogen) atoms. The van der Waals surface area contributed by atoms with E-state index in [1.807, 2.05) is 0 Å². The zero-order valence-corrected chi connectivity index (χ0v) is 44.5. The molecule has 0 bridgehead atoms. The summed E-state index contributed by atoms with van der Waals surface area (Å²) in [5, 5.41) is 0. The summed E-state index contributed by atoms with van der Waals surface area (Å²) in [6.07, 6.45) is 71.3. The molecule has 0 saturated carbocycles. The van der Waals surface area contributed by atoms with E-state index in [1.165, 1.54) is 218 Å². The molecule has 0 amide bonds. The number of ether oxygens (including phenoxy) is 3. The first kappa shape index (κ1) is 63.9. The fourth-order valence-electron chi connectivity index (χ4n) is 8.42. The van der Waals surface area contributed by atoms with Crippen LogP contribution in [0.2, 0.25) is 0 Å². The number of carbonyl (C=O) groups is 2. The second kappa shape index (κ2) is 57.2. The second-order valence-corrected chi connectivity index (χ2v) is 19.5. The Kier molecular flexibility index (Phi) is 55.3. The van der Waals surface area contributed by atoms with Crippen LogP contribution in [0.25, 0.3) is 0 Å². The number of hydrogen-bond donors (Lipinski definition) is 0. The van der Waals surface area contributed by atoms with Gasteiger partial charge in [-0.15, -0.1) is 0 Å². The highest BCUT2D eigenvalue weighted by Gasteiger charge is 2.17. The van der Waals surface area contributed by atoms with E-state index in [4.69, 9.17) is 14.2 Å². The Morgan fingerprint density at radius 2 is 0.667 bits per heavy atom. The van der Waals surface area contributed by atoms with E-state index in [0.717, 1.165) is 51.4 Å². The molecule has 0 aliphatic heterocycles. The van der Waals surface area contributed by atoms with Gasteiger partial charge in [0.2, 0.25) is 0 Å². The van der Waals surface area contributed by atoms with Crippen molar-refractivity contribution >= 4 is 11.9 Å². The third kappa shape index (κ3) is 54.5. The lowest BCUT2D eigenvalue weighted by Gasteiger charge is -2.18. The average Bonchev–Trinajstić information content (AvgIpc) is 3.32. The number of unbranched alkanes of at least 4 members (excludes halogenated alkanes) is 35. The van der Waals surface area contributed by atoms with Gasteiger partial charge < -0.3 is 14.2 Å². The van der Waals surface area contributed by atoms with Crippen LogP contribution in [0.15, 0.2) is 48.6 Å². The Hall–Kier alpha value is -2.14. The summed E-state index contributed by atoms with van der Waals surface area (Å²) >= 11 is 0. The molecule has 5 nitrogen and oxygen atoms in total. The van der Waals surface area contributed by atoms with Crippen LogP contribution in [0.5, 0.6) is 0 Å². The molecule has 0 heterocycles. The van der Waals surface area contributed by atoms with Crippen molar-refractivity contribution in [2.24, 2.45) is 0 Å². The number of allylic oxidation sites excluding steroid dienone is 8. The van der Waals surface area contributed by atoms with Gasteiger partial charge in [0.15, 0.2) is 6.10 Å². The summed E-state index contributed by atoms with van der Waals surface area (Å²) in [6, 6.07) is 0. The minimum atomic E-state index is -0.544. The van der Waals surface area contributed by atoms with Gasteiger partial charge in [-0.05, 0) is 96.3 Å². The van der Waals surface area contributed by atoms with Crippen LogP contribution in [0.1, 0.15) is 303 Å². The normalized spacial score (nSPS) is 12.5. The molecule has 0 N–H and O–H groups in total. The number of esters is 2. The maximum atomic E-state index is 12.9. The monoisotopic (exact) mass is 925 g/mol. The molecule has 0 aromatic heterocycles. The van der Waals surface area contributed by atoms with Crippen molar-refractivity contribution in [2.45, 2.75) is 309 Å². The van der Waals surface area contributed by atoms with Gasteiger partial charge in [0.25, 0.3) is 0 Å². The van der Waals surface area contributed by atoms with Crippen molar-refractivity contribution < 1.29 is 23.8 Å².